The summed E-state index contributed by atoms with van der Waals surface area (Å²) in [7, 11) is 0. The van der Waals surface area contributed by atoms with Crippen LogP contribution in [0.15, 0.2) is 41.6 Å². The molecule has 3 nitrogen and oxygen atoms in total. The van der Waals surface area contributed by atoms with Crippen molar-refractivity contribution in [2.45, 2.75) is 6.10 Å². The molecule has 2 rings (SSSR count). The third-order valence-electron chi connectivity index (χ3n) is 1.86. The fourth-order valence-electron chi connectivity index (χ4n) is 1.17. The van der Waals surface area contributed by atoms with E-state index in [-0.39, 0.29) is 0 Å². The molecule has 0 amide bonds. The van der Waals surface area contributed by atoms with Gasteiger partial charge < -0.3 is 9.52 Å². The Labute approximate surface area is 75.3 Å². The number of rotatable bonds is 2. The van der Waals surface area contributed by atoms with Crippen LogP contribution in [-0.4, -0.2) is 10.1 Å². The molecule has 0 aliphatic heterocycles. The summed E-state index contributed by atoms with van der Waals surface area (Å²) < 4.78 is 5.34. The summed E-state index contributed by atoms with van der Waals surface area (Å²) in [4.78, 5) is 3.91. The van der Waals surface area contributed by atoms with Crippen LogP contribution < -0.4 is 0 Å². The van der Waals surface area contributed by atoms with E-state index < -0.39 is 6.10 Å². The maximum atomic E-state index is 9.40. The average molecular weight is 175 g/mol. The largest absolute Gasteiger partial charge is 0.456 e. The van der Waals surface area contributed by atoms with Crippen molar-refractivity contribution in [1.29, 1.82) is 0 Å². The molecule has 2 aromatic rings. The van der Waals surface area contributed by atoms with Gasteiger partial charge in [0, 0.05) is 11.6 Å². The van der Waals surface area contributed by atoms with Gasteiger partial charge in [-0.25, -0.2) is 0 Å². The minimum absolute atomic E-state index is 0.498. The molecule has 2 aromatic heterocycles. The van der Waals surface area contributed by atoms with Crippen molar-refractivity contribution in [3.8, 4) is 0 Å². The molecule has 0 aliphatic carbocycles. The Balaban J connectivity index is 2.55. The maximum absolute atomic E-state index is 9.40. The van der Waals surface area contributed by atoms with Gasteiger partial charge in [-0.05, 0) is 12.1 Å². The topological polar surface area (TPSA) is 46.3 Å². The zero-order chi connectivity index (χ0) is 9.26. The highest BCUT2D eigenvalue weighted by Crippen LogP contribution is 2.23. The van der Waals surface area contributed by atoms with Gasteiger partial charge in [0.2, 0.25) is 0 Å². The van der Waals surface area contributed by atoms with Gasteiger partial charge in [-0.2, -0.15) is 0 Å². The van der Waals surface area contributed by atoms with Crippen LogP contribution in [0.5, 0.6) is 0 Å². The molecule has 0 spiro atoms. The summed E-state index contributed by atoms with van der Waals surface area (Å²) >= 11 is 0. The average Bonchev–Trinajstić information content (AvgIpc) is 2.59. The van der Waals surface area contributed by atoms with E-state index in [1.165, 1.54) is 6.08 Å². The van der Waals surface area contributed by atoms with Crippen LogP contribution in [0.1, 0.15) is 11.9 Å². The summed E-state index contributed by atoms with van der Waals surface area (Å²) in [6.07, 6.45) is 3.98. The van der Waals surface area contributed by atoms with Crippen molar-refractivity contribution in [1.82, 2.24) is 4.98 Å². The second kappa shape index (κ2) is 3.03. The predicted octanol–water partition coefficient (Wildman–Crippen LogP) is 2.05. The lowest BCUT2D eigenvalue weighted by molar-refractivity contribution is 0.200. The number of nitrogens with zero attached hydrogens (tertiary/aromatic N) is 1. The van der Waals surface area contributed by atoms with Crippen LogP contribution in [0, 0.1) is 0 Å². The monoisotopic (exact) mass is 175 g/mol. The van der Waals surface area contributed by atoms with Crippen LogP contribution in [0.2, 0.25) is 0 Å². The second-order valence-corrected chi connectivity index (χ2v) is 2.74. The number of fused-ring (bicyclic) bond motifs is 1. The Morgan fingerprint density at radius 2 is 2.46 bits per heavy atom. The number of hydrogen-bond donors (Lipinski definition) is 1. The fourth-order valence-corrected chi connectivity index (χ4v) is 1.17. The Morgan fingerprint density at radius 1 is 1.62 bits per heavy atom. The summed E-state index contributed by atoms with van der Waals surface area (Å²) in [5.41, 5.74) is 0.679. The number of aliphatic hydroxyl groups excluding tert-OH is 1. The minimum Gasteiger partial charge on any atom is -0.456 e. The first-order valence-electron chi connectivity index (χ1n) is 3.95. The van der Waals surface area contributed by atoms with Crippen molar-refractivity contribution in [3.05, 3.63) is 42.9 Å². The van der Waals surface area contributed by atoms with Crippen molar-refractivity contribution >= 4 is 11.0 Å². The van der Waals surface area contributed by atoms with Crippen LogP contribution in [-0.2, 0) is 0 Å². The van der Waals surface area contributed by atoms with E-state index in [9.17, 15) is 5.11 Å². The van der Waals surface area contributed by atoms with Crippen LogP contribution in [0.4, 0.5) is 0 Å². The van der Waals surface area contributed by atoms with Gasteiger partial charge in [-0.15, -0.1) is 6.58 Å². The highest BCUT2D eigenvalue weighted by atomic mass is 16.4. The molecule has 0 aromatic carbocycles. The predicted molar refractivity (Wildman–Crippen MR) is 49.2 cm³/mol. The van der Waals surface area contributed by atoms with Gasteiger partial charge in [-0.1, -0.05) is 6.08 Å². The van der Waals surface area contributed by atoms with E-state index in [0.717, 1.165) is 5.39 Å². The first-order valence-corrected chi connectivity index (χ1v) is 3.95. The Hall–Kier alpha value is -1.61. The van der Waals surface area contributed by atoms with Gasteiger partial charge in [0.25, 0.3) is 0 Å². The van der Waals surface area contributed by atoms with Gasteiger partial charge in [0.1, 0.15) is 11.9 Å². The summed E-state index contributed by atoms with van der Waals surface area (Å²) in [6.45, 7) is 3.48. The zero-order valence-corrected chi connectivity index (χ0v) is 6.97. The lowest BCUT2D eigenvalue weighted by Crippen LogP contribution is -1.87. The summed E-state index contributed by atoms with van der Waals surface area (Å²) in [6, 6.07) is 3.61. The van der Waals surface area contributed by atoms with Crippen molar-refractivity contribution in [2.24, 2.45) is 0 Å². The molecule has 0 bridgehead atoms. The zero-order valence-electron chi connectivity index (χ0n) is 6.97. The molecule has 1 N–H and O–H groups in total. The van der Waals surface area contributed by atoms with E-state index in [1.807, 2.05) is 6.07 Å². The van der Waals surface area contributed by atoms with Gasteiger partial charge >= 0.3 is 0 Å². The third-order valence-corrected chi connectivity index (χ3v) is 1.86. The molecule has 66 valence electrons. The molecule has 0 saturated heterocycles. The van der Waals surface area contributed by atoms with E-state index in [0.29, 0.717) is 11.3 Å². The smallest absolute Gasteiger partial charge is 0.152 e. The first-order chi connectivity index (χ1) is 6.31. The second-order valence-electron chi connectivity index (χ2n) is 2.74. The van der Waals surface area contributed by atoms with Gasteiger partial charge in [0.05, 0.1) is 6.20 Å². The van der Waals surface area contributed by atoms with Crippen LogP contribution >= 0.6 is 0 Å². The van der Waals surface area contributed by atoms with Crippen molar-refractivity contribution < 1.29 is 9.52 Å². The molecule has 2 heterocycles. The molecule has 0 radical (unpaired) electrons. The normalized spacial score (nSPS) is 13.0. The molecule has 13 heavy (non-hydrogen) atoms. The Morgan fingerprint density at radius 3 is 3.15 bits per heavy atom. The quantitative estimate of drug-likeness (QED) is 0.710. The van der Waals surface area contributed by atoms with E-state index >= 15 is 0 Å². The summed E-state index contributed by atoms with van der Waals surface area (Å²) in [5, 5.41) is 10.3. The number of aliphatic hydroxyl groups is 1. The minimum atomic E-state index is -0.743. The molecule has 3 heteroatoms. The maximum Gasteiger partial charge on any atom is 0.152 e. The number of pyridine rings is 1. The SMILES string of the molecule is C=CC(O)c1cc2ccncc2o1. The van der Waals surface area contributed by atoms with E-state index in [2.05, 4.69) is 11.6 Å². The highest BCUT2D eigenvalue weighted by molar-refractivity contribution is 5.76. The third kappa shape index (κ3) is 1.34. The molecule has 1 atom stereocenters. The van der Waals surface area contributed by atoms with E-state index in [4.69, 9.17) is 4.42 Å². The highest BCUT2D eigenvalue weighted by Gasteiger charge is 2.08. The fraction of sp³-hybridized carbons (Fsp3) is 0.100. The van der Waals surface area contributed by atoms with Crippen LogP contribution in [0.25, 0.3) is 11.0 Å². The lowest BCUT2D eigenvalue weighted by atomic mass is 10.2. The van der Waals surface area contributed by atoms with Crippen molar-refractivity contribution in [3.63, 3.8) is 0 Å². The molecular formula is C10H9NO2. The lowest BCUT2D eigenvalue weighted by Gasteiger charge is -1.97. The Kier molecular flexibility index (Phi) is 1.87. The molecular weight excluding hydrogens is 166 g/mol. The number of hydrogen-bond acceptors (Lipinski definition) is 3. The van der Waals surface area contributed by atoms with Gasteiger partial charge in [0.15, 0.2) is 5.58 Å². The van der Waals surface area contributed by atoms with Crippen molar-refractivity contribution in [2.75, 3.05) is 0 Å². The first kappa shape index (κ1) is 8.01. The van der Waals surface area contributed by atoms with Crippen LogP contribution in [0.3, 0.4) is 0 Å². The Bertz CT molecular complexity index is 400. The number of furan rings is 1. The van der Waals surface area contributed by atoms with E-state index in [1.54, 1.807) is 18.5 Å². The molecule has 0 fully saturated rings. The summed E-state index contributed by atoms with van der Waals surface area (Å²) in [5.74, 6) is 0.498. The standard InChI is InChI=1S/C10H9NO2/c1-2-8(12)9-5-7-3-4-11-6-10(7)13-9/h2-6,8,12H,1H2. The van der Waals surface area contributed by atoms with Gasteiger partial charge in [-0.3, -0.25) is 4.98 Å². The molecule has 0 aliphatic rings. The molecule has 0 saturated carbocycles. The molecule has 1 unspecified atom stereocenters. The number of aromatic nitrogens is 1.